The molecular formula is C18H16N2O2. The van der Waals surface area contributed by atoms with Gasteiger partial charge in [0.05, 0.1) is 11.4 Å². The van der Waals surface area contributed by atoms with E-state index in [0.717, 1.165) is 11.1 Å². The Labute approximate surface area is 129 Å². The maximum atomic E-state index is 10.4. The van der Waals surface area contributed by atoms with E-state index < -0.39 is 0 Å². The number of benzene rings is 2. The van der Waals surface area contributed by atoms with Crippen molar-refractivity contribution in [2.45, 2.75) is 19.8 Å². The Hall–Kier alpha value is -2.80. The molecule has 0 saturated carbocycles. The minimum absolute atomic E-state index is 0.163. The molecule has 0 aliphatic rings. The van der Waals surface area contributed by atoms with Gasteiger partial charge in [-0.1, -0.05) is 38.1 Å². The SMILES string of the molecule is CC(C)C(c1ccc(N=C=O)cc1)c1cccc(N=C=O)c1. The number of rotatable bonds is 5. The van der Waals surface area contributed by atoms with Gasteiger partial charge in [-0.15, -0.1) is 0 Å². The Morgan fingerprint density at radius 3 is 2.05 bits per heavy atom. The Morgan fingerprint density at radius 1 is 0.818 bits per heavy atom. The van der Waals surface area contributed by atoms with E-state index in [-0.39, 0.29) is 5.92 Å². The second kappa shape index (κ2) is 7.28. The summed E-state index contributed by atoms with van der Waals surface area (Å²) in [7, 11) is 0. The summed E-state index contributed by atoms with van der Waals surface area (Å²) >= 11 is 0. The summed E-state index contributed by atoms with van der Waals surface area (Å²) in [6, 6.07) is 15.1. The molecule has 2 aromatic carbocycles. The molecule has 0 heterocycles. The Balaban J connectivity index is 2.43. The molecule has 4 nitrogen and oxygen atoms in total. The van der Waals surface area contributed by atoms with Gasteiger partial charge in [0.25, 0.3) is 0 Å². The number of hydrogen-bond donors (Lipinski definition) is 0. The molecule has 1 atom stereocenters. The number of carbonyl (C=O) groups excluding carboxylic acids is 2. The van der Waals surface area contributed by atoms with E-state index in [1.807, 2.05) is 30.3 Å². The first-order chi connectivity index (χ1) is 10.7. The minimum Gasteiger partial charge on any atom is -0.211 e. The summed E-state index contributed by atoms with van der Waals surface area (Å²) in [4.78, 5) is 28.0. The van der Waals surface area contributed by atoms with Crippen molar-refractivity contribution in [2.75, 3.05) is 0 Å². The lowest BCUT2D eigenvalue weighted by molar-refractivity contribution is 0.562. The van der Waals surface area contributed by atoms with Crippen LogP contribution < -0.4 is 0 Å². The maximum absolute atomic E-state index is 10.4. The molecule has 22 heavy (non-hydrogen) atoms. The molecule has 0 bridgehead atoms. The molecule has 2 rings (SSSR count). The third-order valence-electron chi connectivity index (χ3n) is 3.50. The topological polar surface area (TPSA) is 58.9 Å². The highest BCUT2D eigenvalue weighted by molar-refractivity contribution is 5.53. The van der Waals surface area contributed by atoms with E-state index in [1.54, 1.807) is 24.3 Å². The van der Waals surface area contributed by atoms with Gasteiger partial charge >= 0.3 is 0 Å². The fraction of sp³-hybridized carbons (Fsp3) is 0.222. The second-order valence-corrected chi connectivity index (χ2v) is 5.31. The van der Waals surface area contributed by atoms with Crippen LogP contribution in [0.1, 0.15) is 30.9 Å². The highest BCUT2D eigenvalue weighted by atomic mass is 16.1. The lowest BCUT2D eigenvalue weighted by Crippen LogP contribution is -2.08. The fourth-order valence-corrected chi connectivity index (χ4v) is 2.61. The van der Waals surface area contributed by atoms with Gasteiger partial charge in [-0.05, 0) is 41.3 Å². The van der Waals surface area contributed by atoms with Gasteiger partial charge in [-0.25, -0.2) is 9.59 Å². The monoisotopic (exact) mass is 292 g/mol. The van der Waals surface area contributed by atoms with Crippen LogP contribution in [0.15, 0.2) is 58.5 Å². The van der Waals surface area contributed by atoms with Crippen LogP contribution in [0.2, 0.25) is 0 Å². The molecule has 0 aromatic heterocycles. The third-order valence-corrected chi connectivity index (χ3v) is 3.50. The van der Waals surface area contributed by atoms with Gasteiger partial charge in [-0.2, -0.15) is 9.98 Å². The molecule has 4 heteroatoms. The normalized spacial score (nSPS) is 11.4. The summed E-state index contributed by atoms with van der Waals surface area (Å²) in [5.74, 6) is 0.520. The first kappa shape index (κ1) is 15.6. The predicted molar refractivity (Wildman–Crippen MR) is 85.1 cm³/mol. The quantitative estimate of drug-likeness (QED) is 0.605. The molecule has 110 valence electrons. The Kier molecular flexibility index (Phi) is 5.16. The highest BCUT2D eigenvalue weighted by Crippen LogP contribution is 2.34. The van der Waals surface area contributed by atoms with Crippen molar-refractivity contribution in [2.24, 2.45) is 15.9 Å². The zero-order chi connectivity index (χ0) is 15.9. The van der Waals surface area contributed by atoms with Crippen LogP contribution in [0, 0.1) is 5.92 Å². The zero-order valence-corrected chi connectivity index (χ0v) is 12.5. The minimum atomic E-state index is 0.163. The number of nitrogens with zero attached hydrogens (tertiary/aromatic N) is 2. The van der Waals surface area contributed by atoms with E-state index >= 15 is 0 Å². The lowest BCUT2D eigenvalue weighted by Gasteiger charge is -2.22. The van der Waals surface area contributed by atoms with Crippen LogP contribution in [0.3, 0.4) is 0 Å². The van der Waals surface area contributed by atoms with Crippen molar-refractivity contribution in [3.8, 4) is 0 Å². The van der Waals surface area contributed by atoms with Crippen LogP contribution >= 0.6 is 0 Å². The van der Waals surface area contributed by atoms with Gasteiger partial charge in [0, 0.05) is 5.92 Å². The molecule has 0 fully saturated rings. The first-order valence-electron chi connectivity index (χ1n) is 7.01. The van der Waals surface area contributed by atoms with Crippen LogP contribution in [0.4, 0.5) is 11.4 Å². The highest BCUT2D eigenvalue weighted by Gasteiger charge is 2.18. The average Bonchev–Trinajstić information content (AvgIpc) is 2.50. The van der Waals surface area contributed by atoms with E-state index in [2.05, 4.69) is 23.8 Å². The molecule has 0 N–H and O–H groups in total. The van der Waals surface area contributed by atoms with E-state index in [0.29, 0.717) is 17.3 Å². The molecule has 0 aliphatic carbocycles. The number of isocyanates is 2. The van der Waals surface area contributed by atoms with Crippen molar-refractivity contribution >= 4 is 23.5 Å². The van der Waals surface area contributed by atoms with E-state index in [9.17, 15) is 9.59 Å². The van der Waals surface area contributed by atoms with Gasteiger partial charge in [0.15, 0.2) is 0 Å². The predicted octanol–water partition coefficient (Wildman–Crippen LogP) is 4.41. The van der Waals surface area contributed by atoms with Gasteiger partial charge in [-0.3, -0.25) is 0 Å². The molecule has 0 spiro atoms. The molecule has 0 amide bonds. The molecule has 2 aromatic rings. The summed E-state index contributed by atoms with van der Waals surface area (Å²) in [5, 5.41) is 0. The van der Waals surface area contributed by atoms with Crippen LogP contribution in [0.5, 0.6) is 0 Å². The molecule has 0 radical (unpaired) electrons. The van der Waals surface area contributed by atoms with Crippen LogP contribution in [0.25, 0.3) is 0 Å². The first-order valence-corrected chi connectivity index (χ1v) is 7.01. The van der Waals surface area contributed by atoms with Gasteiger partial charge in [0.2, 0.25) is 12.2 Å². The number of hydrogen-bond acceptors (Lipinski definition) is 4. The smallest absolute Gasteiger partial charge is 0.211 e. The van der Waals surface area contributed by atoms with Gasteiger partial charge in [0.1, 0.15) is 0 Å². The molecule has 1 unspecified atom stereocenters. The van der Waals surface area contributed by atoms with Crippen molar-refractivity contribution in [3.05, 3.63) is 59.7 Å². The van der Waals surface area contributed by atoms with Crippen molar-refractivity contribution < 1.29 is 9.59 Å². The fourth-order valence-electron chi connectivity index (χ4n) is 2.61. The maximum Gasteiger partial charge on any atom is 0.240 e. The molecule has 0 aliphatic heterocycles. The molecular weight excluding hydrogens is 276 g/mol. The third kappa shape index (κ3) is 3.64. The number of aliphatic imine (C=N–C) groups is 2. The lowest BCUT2D eigenvalue weighted by atomic mass is 9.82. The Bertz CT molecular complexity index is 738. The summed E-state index contributed by atoms with van der Waals surface area (Å²) in [6.07, 6.45) is 3.10. The van der Waals surface area contributed by atoms with Crippen LogP contribution in [-0.2, 0) is 9.59 Å². The van der Waals surface area contributed by atoms with E-state index in [1.165, 1.54) is 6.08 Å². The summed E-state index contributed by atoms with van der Waals surface area (Å²) in [5.41, 5.74) is 3.38. The van der Waals surface area contributed by atoms with Crippen molar-refractivity contribution in [1.29, 1.82) is 0 Å². The zero-order valence-electron chi connectivity index (χ0n) is 12.5. The van der Waals surface area contributed by atoms with Crippen molar-refractivity contribution in [3.63, 3.8) is 0 Å². The molecule has 0 saturated heterocycles. The summed E-state index contributed by atoms with van der Waals surface area (Å²) in [6.45, 7) is 4.27. The van der Waals surface area contributed by atoms with Gasteiger partial charge < -0.3 is 0 Å². The van der Waals surface area contributed by atoms with E-state index in [4.69, 9.17) is 0 Å². The van der Waals surface area contributed by atoms with Crippen LogP contribution in [-0.4, -0.2) is 12.2 Å². The largest absolute Gasteiger partial charge is 0.240 e. The standard InChI is InChI=1S/C18H16N2O2/c1-13(2)18(14-6-8-16(9-7-14)19-11-21)15-4-3-5-17(10-15)20-12-22/h3-10,13,18H,1-2H3. The average molecular weight is 292 g/mol. The second-order valence-electron chi connectivity index (χ2n) is 5.31. The summed E-state index contributed by atoms with van der Waals surface area (Å²) < 4.78 is 0. The van der Waals surface area contributed by atoms with Crippen molar-refractivity contribution in [1.82, 2.24) is 0 Å². The Morgan fingerprint density at radius 2 is 1.45 bits per heavy atom.